The first kappa shape index (κ1) is 20.3. The number of aryl methyl sites for hydroxylation is 1. The van der Waals surface area contributed by atoms with Crippen molar-refractivity contribution in [2.45, 2.75) is 19.8 Å². The van der Waals surface area contributed by atoms with Crippen molar-refractivity contribution in [3.8, 4) is 0 Å². The second kappa shape index (κ2) is 9.68. The van der Waals surface area contributed by atoms with E-state index in [0.29, 0.717) is 31.3 Å². The summed E-state index contributed by atoms with van der Waals surface area (Å²) < 4.78 is 13.3. The second-order valence-corrected chi connectivity index (χ2v) is 6.70. The lowest BCUT2D eigenvalue weighted by Crippen LogP contribution is -2.39. The van der Waals surface area contributed by atoms with Gasteiger partial charge in [-0.1, -0.05) is 6.07 Å². The van der Waals surface area contributed by atoms with Gasteiger partial charge in [0.1, 0.15) is 11.6 Å². The van der Waals surface area contributed by atoms with E-state index in [1.165, 1.54) is 12.1 Å². The van der Waals surface area contributed by atoms with E-state index in [1.807, 2.05) is 19.2 Å². The Morgan fingerprint density at radius 1 is 1.21 bits per heavy atom. The van der Waals surface area contributed by atoms with Gasteiger partial charge in [0.2, 0.25) is 5.91 Å². The Balaban J connectivity index is 1.40. The van der Waals surface area contributed by atoms with Crippen LogP contribution in [0.5, 0.6) is 0 Å². The number of aromatic amines is 1. The summed E-state index contributed by atoms with van der Waals surface area (Å²) in [4.78, 5) is 23.4. The van der Waals surface area contributed by atoms with Crippen LogP contribution in [-0.4, -0.2) is 42.0 Å². The summed E-state index contributed by atoms with van der Waals surface area (Å²) in [5, 5.41) is 10.1. The lowest BCUT2D eigenvalue weighted by Gasteiger charge is -2.11. The van der Waals surface area contributed by atoms with E-state index in [-0.39, 0.29) is 11.7 Å². The SMILES string of the molecule is CN=C(NCCC(=O)Nc1ccc(C)cn1)NCCc1c[nH]c2cc(F)ccc12. The number of amides is 1. The van der Waals surface area contributed by atoms with Crippen molar-refractivity contribution >= 4 is 28.6 Å². The summed E-state index contributed by atoms with van der Waals surface area (Å²) in [7, 11) is 1.68. The third-order valence-electron chi connectivity index (χ3n) is 4.46. The molecule has 0 spiro atoms. The molecule has 8 heteroatoms. The highest BCUT2D eigenvalue weighted by Crippen LogP contribution is 2.19. The number of fused-ring (bicyclic) bond motifs is 1. The van der Waals surface area contributed by atoms with Crippen molar-refractivity contribution in [3.63, 3.8) is 0 Å². The van der Waals surface area contributed by atoms with Crippen LogP contribution in [0.4, 0.5) is 10.2 Å². The highest BCUT2D eigenvalue weighted by molar-refractivity contribution is 5.90. The molecule has 0 aliphatic carbocycles. The Morgan fingerprint density at radius 2 is 2.03 bits per heavy atom. The highest BCUT2D eigenvalue weighted by atomic mass is 19.1. The normalized spacial score (nSPS) is 11.5. The molecule has 3 aromatic rings. The summed E-state index contributed by atoms with van der Waals surface area (Å²) in [6, 6.07) is 8.41. The predicted octanol–water partition coefficient (Wildman–Crippen LogP) is 2.75. The van der Waals surface area contributed by atoms with E-state index in [9.17, 15) is 9.18 Å². The maximum Gasteiger partial charge on any atom is 0.227 e. The molecule has 7 nitrogen and oxygen atoms in total. The van der Waals surface area contributed by atoms with Crippen LogP contribution in [0, 0.1) is 12.7 Å². The third-order valence-corrected chi connectivity index (χ3v) is 4.46. The van der Waals surface area contributed by atoms with Crippen molar-refractivity contribution in [1.82, 2.24) is 20.6 Å². The Kier molecular flexibility index (Phi) is 6.78. The number of carbonyl (C=O) groups excluding carboxylic acids is 1. The van der Waals surface area contributed by atoms with Gasteiger partial charge in [-0.3, -0.25) is 9.79 Å². The van der Waals surface area contributed by atoms with Gasteiger partial charge in [-0.2, -0.15) is 0 Å². The number of nitrogens with zero attached hydrogens (tertiary/aromatic N) is 2. The van der Waals surface area contributed by atoms with Crippen molar-refractivity contribution in [2.75, 3.05) is 25.5 Å². The molecule has 2 aromatic heterocycles. The van der Waals surface area contributed by atoms with E-state index >= 15 is 0 Å². The molecule has 1 amide bonds. The lowest BCUT2D eigenvalue weighted by molar-refractivity contribution is -0.116. The number of pyridine rings is 1. The number of benzene rings is 1. The van der Waals surface area contributed by atoms with Gasteiger partial charge in [-0.15, -0.1) is 0 Å². The van der Waals surface area contributed by atoms with E-state index in [2.05, 4.69) is 30.9 Å². The van der Waals surface area contributed by atoms with Crippen LogP contribution in [0.25, 0.3) is 10.9 Å². The fraction of sp³-hybridized carbons (Fsp3) is 0.286. The summed E-state index contributed by atoms with van der Waals surface area (Å²) in [5.41, 5.74) is 2.93. The highest BCUT2D eigenvalue weighted by Gasteiger charge is 2.06. The van der Waals surface area contributed by atoms with Crippen LogP contribution in [0.3, 0.4) is 0 Å². The zero-order valence-electron chi connectivity index (χ0n) is 16.6. The minimum absolute atomic E-state index is 0.115. The molecular weight excluding hydrogens is 371 g/mol. The zero-order valence-corrected chi connectivity index (χ0v) is 16.6. The van der Waals surface area contributed by atoms with Crippen LogP contribution >= 0.6 is 0 Å². The Bertz CT molecular complexity index is 996. The van der Waals surface area contributed by atoms with Gasteiger partial charge >= 0.3 is 0 Å². The monoisotopic (exact) mass is 396 g/mol. The molecule has 0 radical (unpaired) electrons. The number of hydrogen-bond donors (Lipinski definition) is 4. The van der Waals surface area contributed by atoms with Gasteiger partial charge in [0.15, 0.2) is 5.96 Å². The van der Waals surface area contributed by atoms with Crippen LogP contribution in [-0.2, 0) is 11.2 Å². The minimum Gasteiger partial charge on any atom is -0.361 e. The number of carbonyl (C=O) groups is 1. The molecule has 0 unspecified atom stereocenters. The molecule has 0 aliphatic rings. The minimum atomic E-state index is -0.254. The smallest absolute Gasteiger partial charge is 0.227 e. The summed E-state index contributed by atoms with van der Waals surface area (Å²) in [6.45, 7) is 3.05. The van der Waals surface area contributed by atoms with Crippen LogP contribution in [0.1, 0.15) is 17.5 Å². The molecule has 0 aliphatic heterocycles. The molecule has 0 saturated carbocycles. The van der Waals surface area contributed by atoms with Gasteiger partial charge in [0.25, 0.3) is 0 Å². The second-order valence-electron chi connectivity index (χ2n) is 6.70. The van der Waals surface area contributed by atoms with Crippen molar-refractivity contribution in [2.24, 2.45) is 4.99 Å². The van der Waals surface area contributed by atoms with Gasteiger partial charge in [-0.25, -0.2) is 9.37 Å². The zero-order chi connectivity index (χ0) is 20.6. The number of H-pyrrole nitrogens is 1. The van der Waals surface area contributed by atoms with Gasteiger partial charge in [0, 0.05) is 49.9 Å². The van der Waals surface area contributed by atoms with Gasteiger partial charge in [-0.05, 0) is 48.7 Å². The summed E-state index contributed by atoms with van der Waals surface area (Å²) in [6.07, 6.45) is 4.66. The molecule has 0 fully saturated rings. The van der Waals surface area contributed by atoms with E-state index in [0.717, 1.165) is 28.5 Å². The van der Waals surface area contributed by atoms with Crippen molar-refractivity contribution in [3.05, 3.63) is 59.7 Å². The average Bonchev–Trinajstić information content (AvgIpc) is 3.10. The first-order chi connectivity index (χ1) is 14.0. The predicted molar refractivity (Wildman–Crippen MR) is 114 cm³/mol. The Morgan fingerprint density at radius 3 is 2.79 bits per heavy atom. The fourth-order valence-electron chi connectivity index (χ4n) is 2.94. The van der Waals surface area contributed by atoms with Gasteiger partial charge in [0.05, 0.1) is 0 Å². The summed E-state index contributed by atoms with van der Waals surface area (Å²) in [5.74, 6) is 0.796. The molecule has 2 heterocycles. The third kappa shape index (κ3) is 5.78. The molecule has 29 heavy (non-hydrogen) atoms. The number of guanidine groups is 1. The first-order valence-electron chi connectivity index (χ1n) is 9.47. The molecule has 3 rings (SSSR count). The van der Waals surface area contributed by atoms with Gasteiger partial charge < -0.3 is 20.9 Å². The molecule has 152 valence electrons. The number of hydrogen-bond acceptors (Lipinski definition) is 3. The number of halogens is 1. The fourth-order valence-corrected chi connectivity index (χ4v) is 2.94. The maximum atomic E-state index is 13.3. The van der Waals surface area contributed by atoms with Crippen molar-refractivity contribution in [1.29, 1.82) is 0 Å². The lowest BCUT2D eigenvalue weighted by atomic mass is 10.1. The largest absolute Gasteiger partial charge is 0.361 e. The van der Waals surface area contributed by atoms with E-state index < -0.39 is 0 Å². The number of aliphatic imine (C=N–C) groups is 1. The van der Waals surface area contributed by atoms with Crippen LogP contribution in [0.2, 0.25) is 0 Å². The van der Waals surface area contributed by atoms with E-state index in [4.69, 9.17) is 0 Å². The number of nitrogens with one attached hydrogen (secondary N) is 4. The number of rotatable bonds is 7. The number of aromatic nitrogens is 2. The maximum absolute atomic E-state index is 13.3. The molecule has 4 N–H and O–H groups in total. The van der Waals surface area contributed by atoms with Crippen LogP contribution < -0.4 is 16.0 Å². The van der Waals surface area contributed by atoms with E-state index in [1.54, 1.807) is 25.4 Å². The average molecular weight is 396 g/mol. The van der Waals surface area contributed by atoms with Crippen molar-refractivity contribution < 1.29 is 9.18 Å². The first-order valence-corrected chi connectivity index (χ1v) is 9.47. The number of anilines is 1. The topological polar surface area (TPSA) is 94.2 Å². The molecular formula is C21H25FN6O. The molecule has 0 bridgehead atoms. The quantitative estimate of drug-likeness (QED) is 0.365. The van der Waals surface area contributed by atoms with Crippen LogP contribution in [0.15, 0.2) is 47.7 Å². The molecule has 0 atom stereocenters. The Hall–Kier alpha value is -3.42. The molecule has 1 aromatic carbocycles. The summed E-state index contributed by atoms with van der Waals surface area (Å²) >= 11 is 0. The standard InChI is InChI=1S/C21H25FN6O/c1-14-3-6-19(27-12-14)28-20(29)8-10-25-21(23-2)24-9-7-15-13-26-18-11-16(22)4-5-17(15)18/h3-6,11-13,26H,7-10H2,1-2H3,(H2,23,24,25)(H,27,28,29). The Labute approximate surface area is 168 Å². The molecule has 0 saturated heterocycles.